The smallest absolute Gasteiger partial charge is 0.338 e. The molecule has 0 N–H and O–H groups in total. The SMILES string of the molecule is O=C(OCC1=CCC=C1)c1cccc(N2C(=O)c3cccc4cccc(c34)C2=O)c1. The summed E-state index contributed by atoms with van der Waals surface area (Å²) in [5.74, 6) is -1.32. The molecule has 0 radical (unpaired) electrons. The van der Waals surface area contributed by atoms with E-state index in [1.54, 1.807) is 42.5 Å². The van der Waals surface area contributed by atoms with Crippen molar-refractivity contribution in [2.45, 2.75) is 6.42 Å². The average Bonchev–Trinajstić information content (AvgIpc) is 3.30. The molecule has 0 fully saturated rings. The van der Waals surface area contributed by atoms with Crippen LogP contribution in [0.1, 0.15) is 37.5 Å². The molecule has 0 saturated heterocycles. The monoisotopic (exact) mass is 395 g/mol. The van der Waals surface area contributed by atoms with Crippen LogP contribution >= 0.6 is 0 Å². The van der Waals surface area contributed by atoms with E-state index >= 15 is 0 Å². The number of carbonyl (C=O) groups excluding carboxylic acids is 3. The van der Waals surface area contributed by atoms with Crippen LogP contribution in [-0.2, 0) is 4.74 Å². The van der Waals surface area contributed by atoms with Gasteiger partial charge in [-0.05, 0) is 47.7 Å². The summed E-state index contributed by atoms with van der Waals surface area (Å²) in [6.45, 7) is 0.191. The summed E-state index contributed by atoms with van der Waals surface area (Å²) < 4.78 is 5.36. The van der Waals surface area contributed by atoms with E-state index in [4.69, 9.17) is 4.74 Å². The zero-order valence-corrected chi connectivity index (χ0v) is 16.0. The summed E-state index contributed by atoms with van der Waals surface area (Å²) in [5.41, 5.74) is 2.51. The van der Waals surface area contributed by atoms with Crippen molar-refractivity contribution in [1.82, 2.24) is 0 Å². The Labute approximate surface area is 172 Å². The quantitative estimate of drug-likeness (QED) is 0.475. The number of benzene rings is 3. The summed E-state index contributed by atoms with van der Waals surface area (Å²) >= 11 is 0. The van der Waals surface area contributed by atoms with Crippen molar-refractivity contribution in [2.24, 2.45) is 0 Å². The topological polar surface area (TPSA) is 63.7 Å². The van der Waals surface area contributed by atoms with Gasteiger partial charge in [0.05, 0.1) is 11.3 Å². The Morgan fingerprint density at radius 1 is 0.933 bits per heavy atom. The van der Waals surface area contributed by atoms with Gasteiger partial charge in [0.25, 0.3) is 11.8 Å². The molecule has 0 unspecified atom stereocenters. The van der Waals surface area contributed by atoms with Crippen molar-refractivity contribution >= 4 is 34.2 Å². The van der Waals surface area contributed by atoms with Crippen molar-refractivity contribution in [1.29, 1.82) is 0 Å². The van der Waals surface area contributed by atoms with Crippen LogP contribution in [0.3, 0.4) is 0 Å². The number of hydrogen-bond acceptors (Lipinski definition) is 4. The first kappa shape index (κ1) is 18.1. The Morgan fingerprint density at radius 2 is 1.63 bits per heavy atom. The number of carbonyl (C=O) groups is 3. The molecule has 3 aromatic rings. The Hall–Kier alpha value is -3.99. The van der Waals surface area contributed by atoms with Gasteiger partial charge in [0.15, 0.2) is 0 Å². The number of hydrogen-bond donors (Lipinski definition) is 0. The molecule has 1 heterocycles. The second-order valence-corrected chi connectivity index (χ2v) is 7.20. The van der Waals surface area contributed by atoms with Crippen molar-refractivity contribution < 1.29 is 19.1 Å². The standard InChI is InChI=1S/C25H17NO4/c27-23-20-12-4-8-17-9-5-13-21(22(17)20)24(28)26(23)19-11-3-10-18(14-19)25(29)30-15-16-6-1-2-7-16/h1,3-14H,2,15H2. The fourth-order valence-electron chi connectivity index (χ4n) is 3.88. The Kier molecular flexibility index (Phi) is 4.29. The number of ether oxygens (including phenoxy) is 1. The van der Waals surface area contributed by atoms with E-state index in [1.807, 2.05) is 30.4 Å². The van der Waals surface area contributed by atoms with E-state index in [-0.39, 0.29) is 12.2 Å². The minimum atomic E-state index is -0.502. The molecule has 2 amide bonds. The number of esters is 1. The van der Waals surface area contributed by atoms with Gasteiger partial charge in [-0.2, -0.15) is 0 Å². The molecule has 0 bridgehead atoms. The van der Waals surface area contributed by atoms with Gasteiger partial charge >= 0.3 is 5.97 Å². The van der Waals surface area contributed by atoms with Gasteiger partial charge < -0.3 is 4.74 Å². The lowest BCUT2D eigenvalue weighted by atomic mass is 9.93. The van der Waals surface area contributed by atoms with E-state index in [0.29, 0.717) is 22.2 Å². The van der Waals surface area contributed by atoms with Crippen molar-refractivity contribution in [3.8, 4) is 0 Å². The van der Waals surface area contributed by atoms with E-state index in [1.165, 1.54) is 6.07 Å². The number of amides is 2. The van der Waals surface area contributed by atoms with Crippen LogP contribution in [0.25, 0.3) is 10.8 Å². The number of nitrogens with zero attached hydrogens (tertiary/aromatic N) is 1. The zero-order chi connectivity index (χ0) is 20.7. The third-order valence-electron chi connectivity index (χ3n) is 5.33. The molecular formula is C25H17NO4. The maximum atomic E-state index is 13.2. The Morgan fingerprint density at radius 3 is 2.30 bits per heavy atom. The van der Waals surface area contributed by atoms with Crippen LogP contribution in [0.4, 0.5) is 5.69 Å². The van der Waals surface area contributed by atoms with Gasteiger partial charge in [-0.15, -0.1) is 0 Å². The molecule has 5 rings (SSSR count). The largest absolute Gasteiger partial charge is 0.457 e. The number of imide groups is 1. The number of allylic oxidation sites excluding steroid dienone is 2. The summed E-state index contributed by atoms with van der Waals surface area (Å²) in [7, 11) is 0. The Bertz CT molecular complexity index is 1230. The van der Waals surface area contributed by atoms with Crippen molar-refractivity contribution in [3.63, 3.8) is 0 Å². The molecule has 0 atom stereocenters. The van der Waals surface area contributed by atoms with Gasteiger partial charge in [0, 0.05) is 16.5 Å². The maximum absolute atomic E-state index is 13.2. The van der Waals surface area contributed by atoms with Gasteiger partial charge in [-0.25, -0.2) is 9.69 Å². The predicted molar refractivity (Wildman–Crippen MR) is 114 cm³/mol. The maximum Gasteiger partial charge on any atom is 0.338 e. The molecule has 0 aromatic heterocycles. The normalized spacial score (nSPS) is 14.9. The van der Waals surface area contributed by atoms with E-state index in [0.717, 1.165) is 22.3 Å². The summed E-state index contributed by atoms with van der Waals surface area (Å²) in [4.78, 5) is 39.9. The number of rotatable bonds is 4. The second kappa shape index (κ2) is 7.12. The molecule has 146 valence electrons. The predicted octanol–water partition coefficient (Wildman–Crippen LogP) is 4.68. The highest BCUT2D eigenvalue weighted by Gasteiger charge is 2.34. The van der Waals surface area contributed by atoms with Gasteiger partial charge in [0.2, 0.25) is 0 Å². The molecule has 5 nitrogen and oxygen atoms in total. The molecule has 30 heavy (non-hydrogen) atoms. The van der Waals surface area contributed by atoms with Crippen LogP contribution in [0, 0.1) is 0 Å². The van der Waals surface area contributed by atoms with Gasteiger partial charge in [-0.1, -0.05) is 48.6 Å². The second-order valence-electron chi connectivity index (χ2n) is 7.20. The lowest BCUT2D eigenvalue weighted by Crippen LogP contribution is -2.40. The van der Waals surface area contributed by atoms with Crippen molar-refractivity contribution in [3.05, 3.63) is 101 Å². The average molecular weight is 395 g/mol. The first-order chi connectivity index (χ1) is 14.6. The highest BCUT2D eigenvalue weighted by Crippen LogP contribution is 2.33. The van der Waals surface area contributed by atoms with Crippen LogP contribution < -0.4 is 4.90 Å². The molecule has 1 aliphatic carbocycles. The van der Waals surface area contributed by atoms with Crippen LogP contribution in [0.5, 0.6) is 0 Å². The van der Waals surface area contributed by atoms with E-state index < -0.39 is 17.8 Å². The van der Waals surface area contributed by atoms with Gasteiger partial charge in [0.1, 0.15) is 6.61 Å². The minimum absolute atomic E-state index is 0.191. The molecule has 3 aromatic carbocycles. The first-order valence-electron chi connectivity index (χ1n) is 9.67. The minimum Gasteiger partial charge on any atom is -0.457 e. The molecule has 0 saturated carbocycles. The van der Waals surface area contributed by atoms with E-state index in [2.05, 4.69) is 0 Å². The van der Waals surface area contributed by atoms with Crippen molar-refractivity contribution in [2.75, 3.05) is 11.5 Å². The molecule has 2 aliphatic rings. The molecule has 0 spiro atoms. The van der Waals surface area contributed by atoms with Crippen LogP contribution in [0.15, 0.2) is 84.5 Å². The summed E-state index contributed by atoms with van der Waals surface area (Å²) in [5, 5.41) is 1.51. The lowest BCUT2D eigenvalue weighted by molar-refractivity contribution is 0.0542. The third kappa shape index (κ3) is 2.92. The number of anilines is 1. The zero-order valence-electron chi connectivity index (χ0n) is 16.0. The van der Waals surface area contributed by atoms with E-state index in [9.17, 15) is 14.4 Å². The first-order valence-corrected chi connectivity index (χ1v) is 9.67. The van der Waals surface area contributed by atoms with Gasteiger partial charge in [-0.3, -0.25) is 9.59 Å². The van der Waals surface area contributed by atoms with Crippen LogP contribution in [-0.4, -0.2) is 24.4 Å². The highest BCUT2D eigenvalue weighted by atomic mass is 16.5. The lowest BCUT2D eigenvalue weighted by Gasteiger charge is -2.27. The third-order valence-corrected chi connectivity index (χ3v) is 5.33. The Balaban J connectivity index is 1.48. The summed E-state index contributed by atoms with van der Waals surface area (Å²) in [6.07, 6.45) is 6.76. The molecular weight excluding hydrogens is 378 g/mol. The summed E-state index contributed by atoms with van der Waals surface area (Å²) in [6, 6.07) is 17.2. The highest BCUT2D eigenvalue weighted by molar-refractivity contribution is 6.35. The molecule has 5 heteroatoms. The van der Waals surface area contributed by atoms with Crippen LogP contribution in [0.2, 0.25) is 0 Å². The fourth-order valence-corrected chi connectivity index (χ4v) is 3.88. The fraction of sp³-hybridized carbons (Fsp3) is 0.0800. The molecule has 1 aliphatic heterocycles.